The molecule has 2 aromatic rings. The quantitative estimate of drug-likeness (QED) is 0.885. The second-order valence-corrected chi connectivity index (χ2v) is 4.99. The van der Waals surface area contributed by atoms with Crippen LogP contribution in [0.2, 0.25) is 0 Å². The number of amides is 1. The number of hydrogen-bond donors (Lipinski definition) is 1. The number of aliphatic imine (C=N–C) groups is 1. The number of pyridine rings is 1. The molecule has 0 radical (unpaired) electrons. The number of phenolic OH excluding ortho intramolecular Hbond substituents is 1. The van der Waals surface area contributed by atoms with Gasteiger partial charge in [0.1, 0.15) is 17.3 Å². The molecule has 0 aliphatic carbocycles. The summed E-state index contributed by atoms with van der Waals surface area (Å²) in [6.07, 6.45) is 5.00. The van der Waals surface area contributed by atoms with E-state index in [1.165, 1.54) is 0 Å². The van der Waals surface area contributed by atoms with E-state index in [9.17, 15) is 9.90 Å². The van der Waals surface area contributed by atoms with Crippen LogP contribution in [0, 0.1) is 0 Å². The lowest BCUT2D eigenvalue weighted by Gasteiger charge is -2.15. The van der Waals surface area contributed by atoms with Gasteiger partial charge in [-0.15, -0.1) is 0 Å². The Bertz CT molecular complexity index is 766. The summed E-state index contributed by atoms with van der Waals surface area (Å²) in [5.74, 6) is 0.601. The molecule has 110 valence electrons. The van der Waals surface area contributed by atoms with E-state index in [4.69, 9.17) is 0 Å². The lowest BCUT2D eigenvalue weighted by molar-refractivity contribution is -0.123. The van der Waals surface area contributed by atoms with Gasteiger partial charge < -0.3 is 5.11 Å². The van der Waals surface area contributed by atoms with Crippen LogP contribution in [-0.2, 0) is 11.3 Å². The maximum absolute atomic E-state index is 12.5. The summed E-state index contributed by atoms with van der Waals surface area (Å²) >= 11 is 0. The molecule has 0 saturated heterocycles. The number of aromatic hydroxyl groups is 1. The number of phenols is 1. The zero-order chi connectivity index (χ0) is 15.5. The van der Waals surface area contributed by atoms with E-state index >= 15 is 0 Å². The van der Waals surface area contributed by atoms with Crippen molar-refractivity contribution in [2.24, 2.45) is 4.99 Å². The van der Waals surface area contributed by atoms with Crippen molar-refractivity contribution in [1.82, 2.24) is 9.88 Å². The van der Waals surface area contributed by atoms with Crippen molar-refractivity contribution < 1.29 is 9.90 Å². The first-order valence-electron chi connectivity index (χ1n) is 6.91. The fraction of sp³-hybridized carbons (Fsp3) is 0.118. The van der Waals surface area contributed by atoms with E-state index in [1.807, 2.05) is 12.1 Å². The van der Waals surface area contributed by atoms with Crippen LogP contribution in [0.1, 0.15) is 18.1 Å². The van der Waals surface area contributed by atoms with Gasteiger partial charge in [0.25, 0.3) is 5.91 Å². The normalized spacial score (nSPS) is 16.2. The standard InChI is InChI=1S/C17H15N3O2/c1-12-19-15(10-14-4-2-3-5-16(14)21)17(22)20(12)11-13-6-8-18-9-7-13/h2-10,21H,11H2,1H3/b15-10-. The van der Waals surface area contributed by atoms with Crippen LogP contribution in [0.4, 0.5) is 0 Å². The molecule has 2 heterocycles. The molecule has 0 atom stereocenters. The number of rotatable bonds is 3. The zero-order valence-electron chi connectivity index (χ0n) is 12.1. The van der Waals surface area contributed by atoms with Crippen LogP contribution < -0.4 is 0 Å². The molecule has 3 rings (SSSR count). The van der Waals surface area contributed by atoms with Gasteiger partial charge in [-0.05, 0) is 36.8 Å². The van der Waals surface area contributed by atoms with Gasteiger partial charge in [-0.2, -0.15) is 0 Å². The Morgan fingerprint density at radius 3 is 2.64 bits per heavy atom. The van der Waals surface area contributed by atoms with Gasteiger partial charge in [0.05, 0.1) is 6.54 Å². The fourth-order valence-corrected chi connectivity index (χ4v) is 2.28. The molecule has 1 aliphatic heterocycles. The zero-order valence-corrected chi connectivity index (χ0v) is 12.1. The Morgan fingerprint density at radius 1 is 1.18 bits per heavy atom. The summed E-state index contributed by atoms with van der Waals surface area (Å²) in [6.45, 7) is 2.25. The molecule has 1 amide bonds. The molecular formula is C17H15N3O2. The van der Waals surface area contributed by atoms with Gasteiger partial charge in [0.2, 0.25) is 0 Å². The first-order valence-corrected chi connectivity index (χ1v) is 6.91. The number of carbonyl (C=O) groups excluding carboxylic acids is 1. The van der Waals surface area contributed by atoms with E-state index < -0.39 is 0 Å². The maximum atomic E-state index is 12.5. The second kappa shape index (κ2) is 5.81. The number of para-hydroxylation sites is 1. The molecule has 0 unspecified atom stereocenters. The van der Waals surface area contributed by atoms with E-state index in [-0.39, 0.29) is 11.7 Å². The summed E-state index contributed by atoms with van der Waals surface area (Å²) in [7, 11) is 0. The monoisotopic (exact) mass is 293 g/mol. The van der Waals surface area contributed by atoms with Crippen LogP contribution in [-0.4, -0.2) is 26.7 Å². The second-order valence-electron chi connectivity index (χ2n) is 4.99. The number of hydrogen-bond acceptors (Lipinski definition) is 4. The van der Waals surface area contributed by atoms with Gasteiger partial charge in [-0.25, -0.2) is 4.99 Å². The van der Waals surface area contributed by atoms with Gasteiger partial charge in [0, 0.05) is 18.0 Å². The highest BCUT2D eigenvalue weighted by molar-refractivity contribution is 6.13. The van der Waals surface area contributed by atoms with Crippen LogP contribution in [0.5, 0.6) is 5.75 Å². The Hall–Kier alpha value is -2.95. The van der Waals surface area contributed by atoms with E-state index in [0.29, 0.717) is 23.6 Å². The molecule has 1 aromatic carbocycles. The number of aromatic nitrogens is 1. The lowest BCUT2D eigenvalue weighted by atomic mass is 10.1. The van der Waals surface area contributed by atoms with Crippen LogP contribution in [0.3, 0.4) is 0 Å². The number of amidine groups is 1. The molecule has 0 fully saturated rings. The summed E-state index contributed by atoms with van der Waals surface area (Å²) in [4.78, 5) is 22.4. The van der Waals surface area contributed by atoms with Gasteiger partial charge in [-0.1, -0.05) is 18.2 Å². The smallest absolute Gasteiger partial charge is 0.278 e. The molecule has 1 N–H and O–H groups in total. The van der Waals surface area contributed by atoms with Crippen molar-refractivity contribution in [3.8, 4) is 5.75 Å². The van der Waals surface area contributed by atoms with E-state index in [1.54, 1.807) is 54.6 Å². The van der Waals surface area contributed by atoms with Crippen molar-refractivity contribution in [1.29, 1.82) is 0 Å². The highest BCUT2D eigenvalue weighted by atomic mass is 16.3. The summed E-state index contributed by atoms with van der Waals surface area (Å²) < 4.78 is 0. The van der Waals surface area contributed by atoms with Crippen LogP contribution in [0.25, 0.3) is 6.08 Å². The third kappa shape index (κ3) is 2.74. The van der Waals surface area contributed by atoms with Crippen LogP contribution in [0.15, 0.2) is 59.5 Å². The summed E-state index contributed by atoms with van der Waals surface area (Å²) in [5.41, 5.74) is 1.89. The number of benzene rings is 1. The van der Waals surface area contributed by atoms with Crippen molar-refractivity contribution in [3.05, 3.63) is 65.6 Å². The molecule has 0 spiro atoms. The molecule has 22 heavy (non-hydrogen) atoms. The minimum atomic E-state index is -0.169. The lowest BCUT2D eigenvalue weighted by Crippen LogP contribution is -2.29. The Morgan fingerprint density at radius 2 is 1.91 bits per heavy atom. The minimum absolute atomic E-state index is 0.128. The first-order chi connectivity index (χ1) is 10.6. The van der Waals surface area contributed by atoms with Crippen LogP contribution >= 0.6 is 0 Å². The maximum Gasteiger partial charge on any atom is 0.278 e. The predicted molar refractivity (Wildman–Crippen MR) is 84.0 cm³/mol. The molecular weight excluding hydrogens is 278 g/mol. The number of nitrogens with zero attached hydrogens (tertiary/aromatic N) is 3. The van der Waals surface area contributed by atoms with Gasteiger partial charge in [-0.3, -0.25) is 14.7 Å². The fourth-order valence-electron chi connectivity index (χ4n) is 2.28. The molecule has 5 nitrogen and oxygen atoms in total. The molecule has 5 heteroatoms. The number of carbonyl (C=O) groups is 1. The highest BCUT2D eigenvalue weighted by Crippen LogP contribution is 2.24. The average Bonchev–Trinajstić information content (AvgIpc) is 2.78. The third-order valence-corrected chi connectivity index (χ3v) is 3.46. The minimum Gasteiger partial charge on any atom is -0.507 e. The summed E-state index contributed by atoms with van der Waals surface area (Å²) in [6, 6.07) is 10.6. The van der Waals surface area contributed by atoms with Gasteiger partial charge >= 0.3 is 0 Å². The highest BCUT2D eigenvalue weighted by Gasteiger charge is 2.27. The molecule has 1 aliphatic rings. The van der Waals surface area contributed by atoms with Crippen molar-refractivity contribution in [2.75, 3.05) is 0 Å². The summed E-state index contributed by atoms with van der Waals surface area (Å²) in [5, 5.41) is 9.80. The van der Waals surface area contributed by atoms with E-state index in [0.717, 1.165) is 5.56 Å². The van der Waals surface area contributed by atoms with E-state index in [2.05, 4.69) is 9.98 Å². The first kappa shape index (κ1) is 14.0. The average molecular weight is 293 g/mol. The molecule has 1 aromatic heterocycles. The molecule has 0 bridgehead atoms. The van der Waals surface area contributed by atoms with Gasteiger partial charge in [0.15, 0.2) is 0 Å². The predicted octanol–water partition coefficient (Wildman–Crippen LogP) is 2.59. The third-order valence-electron chi connectivity index (χ3n) is 3.46. The SMILES string of the molecule is CC1=N/C(=C\c2ccccc2O)C(=O)N1Cc1ccncc1. The van der Waals surface area contributed by atoms with Crippen molar-refractivity contribution >= 4 is 17.8 Å². The Labute approximate surface area is 128 Å². The molecule has 0 saturated carbocycles. The largest absolute Gasteiger partial charge is 0.507 e. The van der Waals surface area contributed by atoms with Crippen molar-refractivity contribution in [2.45, 2.75) is 13.5 Å². The Kier molecular flexibility index (Phi) is 3.70. The van der Waals surface area contributed by atoms with Crippen molar-refractivity contribution in [3.63, 3.8) is 0 Å². The topological polar surface area (TPSA) is 65.8 Å². The Balaban J connectivity index is 1.86.